The average Bonchev–Trinajstić information content (AvgIpc) is 2.32. The van der Waals surface area contributed by atoms with Crippen molar-refractivity contribution in [1.82, 2.24) is 0 Å². The van der Waals surface area contributed by atoms with Crippen molar-refractivity contribution >= 4 is 39.6 Å². The lowest BCUT2D eigenvalue weighted by atomic mass is 10.0. The standard InChI is InChI=1S/C14H13BrClF3O2/c1-3-21-13(20)6-9-4-8(2)5-11(15)10(9)7-12(16)14(17,18)19/h4-5,7H,3,6H2,1-2H3/b12-7-. The van der Waals surface area contributed by atoms with Crippen LogP contribution in [0.3, 0.4) is 0 Å². The molecule has 0 unspecified atom stereocenters. The molecule has 0 spiro atoms. The number of halogens is 5. The van der Waals surface area contributed by atoms with E-state index in [4.69, 9.17) is 16.3 Å². The minimum Gasteiger partial charge on any atom is -0.466 e. The van der Waals surface area contributed by atoms with E-state index in [9.17, 15) is 18.0 Å². The van der Waals surface area contributed by atoms with Gasteiger partial charge in [0.2, 0.25) is 0 Å². The van der Waals surface area contributed by atoms with Crippen molar-refractivity contribution < 1.29 is 22.7 Å². The van der Waals surface area contributed by atoms with E-state index in [1.165, 1.54) is 0 Å². The Morgan fingerprint density at radius 3 is 2.57 bits per heavy atom. The van der Waals surface area contributed by atoms with Gasteiger partial charge in [0.25, 0.3) is 0 Å². The molecule has 0 aromatic heterocycles. The van der Waals surface area contributed by atoms with E-state index in [2.05, 4.69) is 15.9 Å². The fraction of sp³-hybridized carbons (Fsp3) is 0.357. The minimum atomic E-state index is -4.63. The number of alkyl halides is 3. The van der Waals surface area contributed by atoms with Crippen LogP contribution in [0.2, 0.25) is 0 Å². The predicted molar refractivity (Wildman–Crippen MR) is 79.1 cm³/mol. The number of aryl methyl sites for hydroxylation is 1. The first-order chi connectivity index (χ1) is 9.65. The Morgan fingerprint density at radius 1 is 1.43 bits per heavy atom. The van der Waals surface area contributed by atoms with Gasteiger partial charge in [0, 0.05) is 4.47 Å². The van der Waals surface area contributed by atoms with Crippen molar-refractivity contribution in [2.75, 3.05) is 6.61 Å². The van der Waals surface area contributed by atoms with E-state index in [0.29, 0.717) is 10.0 Å². The number of hydrogen-bond donors (Lipinski definition) is 0. The van der Waals surface area contributed by atoms with Crippen LogP contribution in [0.1, 0.15) is 23.6 Å². The van der Waals surface area contributed by atoms with Gasteiger partial charge < -0.3 is 4.74 Å². The molecule has 0 radical (unpaired) electrons. The van der Waals surface area contributed by atoms with Crippen molar-refractivity contribution in [2.45, 2.75) is 26.4 Å². The van der Waals surface area contributed by atoms with Crippen LogP contribution in [0.5, 0.6) is 0 Å². The fourth-order valence-corrected chi connectivity index (χ4v) is 2.55. The third kappa shape index (κ3) is 5.36. The first-order valence-corrected chi connectivity index (χ1v) is 7.21. The topological polar surface area (TPSA) is 26.3 Å². The van der Waals surface area contributed by atoms with Crippen LogP contribution in [0, 0.1) is 6.92 Å². The molecule has 0 N–H and O–H groups in total. The summed E-state index contributed by atoms with van der Waals surface area (Å²) >= 11 is 8.47. The molecule has 7 heteroatoms. The van der Waals surface area contributed by atoms with Crippen LogP contribution in [-0.2, 0) is 16.0 Å². The summed E-state index contributed by atoms with van der Waals surface area (Å²) in [6, 6.07) is 3.29. The minimum absolute atomic E-state index is 0.123. The van der Waals surface area contributed by atoms with Crippen molar-refractivity contribution in [3.05, 3.63) is 38.3 Å². The van der Waals surface area contributed by atoms with Crippen LogP contribution in [0.4, 0.5) is 13.2 Å². The predicted octanol–water partition coefficient (Wildman–Crippen LogP) is 5.01. The lowest BCUT2D eigenvalue weighted by molar-refractivity contribution is -0.142. The summed E-state index contributed by atoms with van der Waals surface area (Å²) in [6.07, 6.45) is -3.95. The van der Waals surface area contributed by atoms with Gasteiger partial charge in [-0.2, -0.15) is 13.2 Å². The van der Waals surface area contributed by atoms with Crippen molar-refractivity contribution in [1.29, 1.82) is 0 Å². The highest BCUT2D eigenvalue weighted by molar-refractivity contribution is 9.10. The second kappa shape index (κ2) is 7.31. The summed E-state index contributed by atoms with van der Waals surface area (Å²) in [5.74, 6) is -0.507. The van der Waals surface area contributed by atoms with Crippen LogP contribution in [0.25, 0.3) is 6.08 Å². The summed E-state index contributed by atoms with van der Waals surface area (Å²) in [5.41, 5.74) is 1.44. The Kier molecular flexibility index (Phi) is 6.28. The number of hydrogen-bond acceptors (Lipinski definition) is 2. The maximum absolute atomic E-state index is 12.6. The molecule has 0 aliphatic rings. The van der Waals surface area contributed by atoms with Crippen LogP contribution in [-0.4, -0.2) is 18.8 Å². The zero-order valence-electron chi connectivity index (χ0n) is 11.4. The second-order valence-electron chi connectivity index (χ2n) is 4.29. The van der Waals surface area contributed by atoms with Gasteiger partial charge in [0.05, 0.1) is 13.0 Å². The van der Waals surface area contributed by atoms with Crippen molar-refractivity contribution in [3.63, 3.8) is 0 Å². The highest BCUT2D eigenvalue weighted by Gasteiger charge is 2.32. The lowest BCUT2D eigenvalue weighted by Gasteiger charge is -2.12. The summed E-state index contributed by atoms with van der Waals surface area (Å²) in [6.45, 7) is 3.64. The van der Waals surface area contributed by atoms with Gasteiger partial charge in [0.1, 0.15) is 5.03 Å². The molecular formula is C14H13BrClF3O2. The van der Waals surface area contributed by atoms with Crippen molar-refractivity contribution in [2.24, 2.45) is 0 Å². The number of rotatable bonds is 4. The fourth-order valence-electron chi connectivity index (χ4n) is 1.71. The molecular weight excluding hydrogens is 373 g/mol. The van der Waals surface area contributed by atoms with E-state index < -0.39 is 17.2 Å². The maximum Gasteiger partial charge on any atom is 0.426 e. The van der Waals surface area contributed by atoms with Gasteiger partial charge in [-0.25, -0.2) is 0 Å². The molecule has 21 heavy (non-hydrogen) atoms. The molecule has 0 saturated heterocycles. The molecule has 2 nitrogen and oxygen atoms in total. The molecule has 0 saturated carbocycles. The Bertz CT molecular complexity index is 568. The lowest BCUT2D eigenvalue weighted by Crippen LogP contribution is -2.10. The molecule has 116 valence electrons. The molecule has 1 rings (SSSR count). The van der Waals surface area contributed by atoms with Crippen LogP contribution in [0.15, 0.2) is 21.6 Å². The smallest absolute Gasteiger partial charge is 0.426 e. The molecule has 0 heterocycles. The molecule has 0 fully saturated rings. The third-order valence-electron chi connectivity index (χ3n) is 2.54. The average molecular weight is 386 g/mol. The van der Waals surface area contributed by atoms with Crippen LogP contribution >= 0.6 is 27.5 Å². The molecule has 0 aliphatic carbocycles. The Labute approximate surface area is 134 Å². The Balaban J connectivity index is 3.27. The maximum atomic E-state index is 12.6. The quantitative estimate of drug-likeness (QED) is 0.681. The molecule has 0 atom stereocenters. The highest BCUT2D eigenvalue weighted by Crippen LogP contribution is 2.33. The highest BCUT2D eigenvalue weighted by atomic mass is 79.9. The zero-order valence-corrected chi connectivity index (χ0v) is 13.7. The van der Waals surface area contributed by atoms with Gasteiger partial charge in [-0.3, -0.25) is 4.79 Å². The number of ether oxygens (including phenoxy) is 1. The number of allylic oxidation sites excluding steroid dienone is 1. The summed E-state index contributed by atoms with van der Waals surface area (Å²) in [7, 11) is 0. The molecule has 0 aliphatic heterocycles. The summed E-state index contributed by atoms with van der Waals surface area (Å²) < 4.78 is 42.9. The van der Waals surface area contributed by atoms with Gasteiger partial charge >= 0.3 is 12.1 Å². The summed E-state index contributed by atoms with van der Waals surface area (Å²) in [5, 5.41) is -1.25. The van der Waals surface area contributed by atoms with Crippen molar-refractivity contribution in [3.8, 4) is 0 Å². The molecule has 1 aromatic rings. The van der Waals surface area contributed by atoms with Crippen LogP contribution < -0.4 is 0 Å². The first kappa shape index (κ1) is 18.0. The molecule has 1 aromatic carbocycles. The normalized spacial score (nSPS) is 12.4. The second-order valence-corrected chi connectivity index (χ2v) is 5.55. The van der Waals surface area contributed by atoms with Gasteiger partial charge in [0.15, 0.2) is 0 Å². The Morgan fingerprint density at radius 2 is 2.05 bits per heavy atom. The van der Waals surface area contributed by atoms with E-state index in [-0.39, 0.29) is 18.6 Å². The number of carbonyl (C=O) groups excluding carboxylic acids is 1. The first-order valence-electron chi connectivity index (χ1n) is 6.04. The SMILES string of the molecule is CCOC(=O)Cc1cc(C)cc(Br)c1/C=C(\Cl)C(F)(F)F. The van der Waals surface area contributed by atoms with Gasteiger partial charge in [-0.15, -0.1) is 0 Å². The summed E-state index contributed by atoms with van der Waals surface area (Å²) in [4.78, 5) is 11.6. The van der Waals surface area contributed by atoms with E-state index in [1.807, 2.05) is 0 Å². The Hall–Kier alpha value is -1.01. The molecule has 0 amide bonds. The largest absolute Gasteiger partial charge is 0.466 e. The number of carbonyl (C=O) groups is 1. The van der Waals surface area contributed by atoms with E-state index in [0.717, 1.165) is 11.6 Å². The molecule has 0 bridgehead atoms. The van der Waals surface area contributed by atoms with E-state index in [1.54, 1.807) is 26.0 Å². The van der Waals surface area contributed by atoms with Gasteiger partial charge in [-0.05, 0) is 42.7 Å². The van der Waals surface area contributed by atoms with E-state index >= 15 is 0 Å². The zero-order chi connectivity index (χ0) is 16.2. The monoisotopic (exact) mass is 384 g/mol. The number of benzene rings is 1. The number of esters is 1. The third-order valence-corrected chi connectivity index (χ3v) is 3.52. The van der Waals surface area contributed by atoms with Gasteiger partial charge in [-0.1, -0.05) is 33.6 Å².